The van der Waals surface area contributed by atoms with Crippen molar-refractivity contribution in [2.24, 2.45) is 0 Å². The molecule has 0 atom stereocenters. The van der Waals surface area contributed by atoms with Crippen molar-refractivity contribution in [2.75, 3.05) is 21.3 Å². The summed E-state index contributed by atoms with van der Waals surface area (Å²) in [6, 6.07) is 6.81. The quantitative estimate of drug-likeness (QED) is 0.653. The molecular formula is C22H27NO6. The molecule has 156 valence electrons. The molecule has 0 bridgehead atoms. The van der Waals surface area contributed by atoms with Gasteiger partial charge in [0.25, 0.3) is 5.91 Å². The number of aryl methyl sites for hydroxylation is 1. The molecule has 2 aromatic rings. The van der Waals surface area contributed by atoms with Gasteiger partial charge in [-0.3, -0.25) is 4.79 Å². The van der Waals surface area contributed by atoms with Crippen LogP contribution in [0.5, 0.6) is 11.5 Å². The lowest BCUT2D eigenvalue weighted by molar-refractivity contribution is 0.0598. The van der Waals surface area contributed by atoms with E-state index in [1.165, 1.54) is 24.9 Å². The lowest BCUT2D eigenvalue weighted by Gasteiger charge is -2.19. The number of benzene rings is 1. The zero-order valence-corrected chi connectivity index (χ0v) is 17.3. The zero-order chi connectivity index (χ0) is 21.0. The van der Waals surface area contributed by atoms with Crippen LogP contribution in [0.1, 0.15) is 57.9 Å². The van der Waals surface area contributed by atoms with Gasteiger partial charge in [0.1, 0.15) is 17.1 Å². The first-order valence-corrected chi connectivity index (χ1v) is 9.70. The molecule has 1 amide bonds. The van der Waals surface area contributed by atoms with Crippen molar-refractivity contribution in [3.05, 3.63) is 46.9 Å². The van der Waals surface area contributed by atoms with Gasteiger partial charge in [0.15, 0.2) is 11.5 Å². The average Bonchev–Trinajstić information content (AvgIpc) is 3.36. The van der Waals surface area contributed by atoms with E-state index in [0.29, 0.717) is 34.1 Å². The second kappa shape index (κ2) is 9.03. The van der Waals surface area contributed by atoms with Crippen LogP contribution in [-0.2, 0) is 11.3 Å². The molecular weight excluding hydrogens is 374 g/mol. The van der Waals surface area contributed by atoms with Gasteiger partial charge in [-0.25, -0.2) is 4.79 Å². The SMILES string of the molecule is COC(=O)c1cc(CN(C)C(=O)c2ccc(OC3CCCC3)c(OC)c2)oc1C. The van der Waals surface area contributed by atoms with E-state index in [2.05, 4.69) is 0 Å². The van der Waals surface area contributed by atoms with Gasteiger partial charge in [0.05, 0.1) is 26.9 Å². The van der Waals surface area contributed by atoms with Crippen molar-refractivity contribution < 1.29 is 28.2 Å². The van der Waals surface area contributed by atoms with Gasteiger partial charge in [0, 0.05) is 12.6 Å². The molecule has 3 rings (SSSR count). The highest BCUT2D eigenvalue weighted by Gasteiger charge is 2.21. The van der Waals surface area contributed by atoms with Gasteiger partial charge in [-0.15, -0.1) is 0 Å². The minimum atomic E-state index is -0.464. The number of ether oxygens (including phenoxy) is 3. The number of nitrogens with zero attached hydrogens (tertiary/aromatic N) is 1. The number of hydrogen-bond acceptors (Lipinski definition) is 6. The molecule has 0 N–H and O–H groups in total. The Hall–Kier alpha value is -2.96. The predicted molar refractivity (Wildman–Crippen MR) is 106 cm³/mol. The van der Waals surface area contributed by atoms with E-state index in [9.17, 15) is 9.59 Å². The Balaban J connectivity index is 1.71. The van der Waals surface area contributed by atoms with Crippen molar-refractivity contribution in [3.8, 4) is 11.5 Å². The summed E-state index contributed by atoms with van der Waals surface area (Å²) in [6.45, 7) is 1.91. The number of methoxy groups -OCH3 is 2. The summed E-state index contributed by atoms with van der Waals surface area (Å²) >= 11 is 0. The highest BCUT2D eigenvalue weighted by Crippen LogP contribution is 2.32. The number of rotatable bonds is 7. The number of furan rings is 1. The Morgan fingerprint density at radius 2 is 1.86 bits per heavy atom. The number of amides is 1. The highest BCUT2D eigenvalue weighted by molar-refractivity contribution is 5.95. The van der Waals surface area contributed by atoms with E-state index < -0.39 is 5.97 Å². The second-order valence-corrected chi connectivity index (χ2v) is 7.23. The van der Waals surface area contributed by atoms with E-state index >= 15 is 0 Å². The molecule has 1 fully saturated rings. The van der Waals surface area contributed by atoms with Crippen LogP contribution >= 0.6 is 0 Å². The Kier molecular flexibility index (Phi) is 6.46. The summed E-state index contributed by atoms with van der Waals surface area (Å²) in [7, 11) is 4.56. The van der Waals surface area contributed by atoms with Gasteiger partial charge in [-0.1, -0.05) is 0 Å². The fourth-order valence-electron chi connectivity index (χ4n) is 3.54. The normalized spacial score (nSPS) is 13.9. The Morgan fingerprint density at radius 1 is 1.14 bits per heavy atom. The molecule has 0 unspecified atom stereocenters. The van der Waals surface area contributed by atoms with Crippen LogP contribution in [0, 0.1) is 6.92 Å². The van der Waals surface area contributed by atoms with Crippen molar-refractivity contribution in [2.45, 2.75) is 45.3 Å². The third-order valence-corrected chi connectivity index (χ3v) is 5.12. The molecule has 0 saturated heterocycles. The molecule has 0 aliphatic heterocycles. The molecule has 1 heterocycles. The molecule has 1 aliphatic rings. The molecule has 1 aliphatic carbocycles. The molecule has 7 heteroatoms. The highest BCUT2D eigenvalue weighted by atomic mass is 16.5. The number of carbonyl (C=O) groups excluding carboxylic acids is 2. The first-order valence-electron chi connectivity index (χ1n) is 9.70. The van der Waals surface area contributed by atoms with Gasteiger partial charge in [-0.2, -0.15) is 0 Å². The van der Waals surface area contributed by atoms with Gasteiger partial charge >= 0.3 is 5.97 Å². The summed E-state index contributed by atoms with van der Waals surface area (Å²) in [5.41, 5.74) is 0.845. The van der Waals surface area contributed by atoms with E-state index in [1.54, 1.807) is 45.3 Å². The zero-order valence-electron chi connectivity index (χ0n) is 17.3. The summed E-state index contributed by atoms with van der Waals surface area (Å²) < 4.78 is 21.8. The topological polar surface area (TPSA) is 78.2 Å². The fourth-order valence-corrected chi connectivity index (χ4v) is 3.54. The Bertz CT molecular complexity index is 881. The van der Waals surface area contributed by atoms with Crippen LogP contribution in [0.25, 0.3) is 0 Å². The van der Waals surface area contributed by atoms with E-state index in [0.717, 1.165) is 12.8 Å². The molecule has 1 aromatic heterocycles. The summed E-state index contributed by atoms with van der Waals surface area (Å²) in [4.78, 5) is 26.1. The van der Waals surface area contributed by atoms with Crippen LogP contribution in [0.4, 0.5) is 0 Å². The van der Waals surface area contributed by atoms with Crippen molar-refractivity contribution in [1.29, 1.82) is 0 Å². The van der Waals surface area contributed by atoms with Crippen LogP contribution in [-0.4, -0.2) is 44.1 Å². The Morgan fingerprint density at radius 3 is 2.52 bits per heavy atom. The largest absolute Gasteiger partial charge is 0.493 e. The number of hydrogen-bond donors (Lipinski definition) is 0. The standard InChI is InChI=1S/C22H27NO6/c1-14-18(22(25)27-4)12-17(28-14)13-23(2)21(24)15-9-10-19(20(11-15)26-3)29-16-7-5-6-8-16/h9-12,16H,5-8,13H2,1-4H3. The predicted octanol–water partition coefficient (Wildman–Crippen LogP) is 3.98. The van der Waals surface area contributed by atoms with Gasteiger partial charge < -0.3 is 23.5 Å². The molecule has 7 nitrogen and oxygen atoms in total. The second-order valence-electron chi connectivity index (χ2n) is 7.23. The first-order chi connectivity index (χ1) is 13.9. The van der Waals surface area contributed by atoms with Crippen molar-refractivity contribution in [1.82, 2.24) is 4.90 Å². The van der Waals surface area contributed by atoms with Crippen LogP contribution in [0.3, 0.4) is 0 Å². The lowest BCUT2D eigenvalue weighted by atomic mass is 10.1. The molecule has 29 heavy (non-hydrogen) atoms. The molecule has 0 spiro atoms. The molecule has 0 radical (unpaired) electrons. The van der Waals surface area contributed by atoms with Gasteiger partial charge in [0.2, 0.25) is 0 Å². The van der Waals surface area contributed by atoms with Crippen molar-refractivity contribution in [3.63, 3.8) is 0 Å². The maximum atomic E-state index is 12.9. The minimum Gasteiger partial charge on any atom is -0.493 e. The lowest BCUT2D eigenvalue weighted by Crippen LogP contribution is -2.26. The fraction of sp³-hybridized carbons (Fsp3) is 0.455. The Labute approximate surface area is 170 Å². The van der Waals surface area contributed by atoms with Crippen molar-refractivity contribution >= 4 is 11.9 Å². The van der Waals surface area contributed by atoms with Crippen LogP contribution in [0.2, 0.25) is 0 Å². The van der Waals surface area contributed by atoms with Crippen LogP contribution < -0.4 is 9.47 Å². The molecule has 1 aromatic carbocycles. The summed E-state index contributed by atoms with van der Waals surface area (Å²) in [6.07, 6.45) is 4.65. The third-order valence-electron chi connectivity index (χ3n) is 5.12. The summed E-state index contributed by atoms with van der Waals surface area (Å²) in [5.74, 6) is 1.51. The smallest absolute Gasteiger partial charge is 0.341 e. The first kappa shape index (κ1) is 20.8. The van der Waals surface area contributed by atoms with Gasteiger partial charge in [-0.05, 0) is 56.9 Å². The number of carbonyl (C=O) groups is 2. The monoisotopic (exact) mass is 401 g/mol. The maximum Gasteiger partial charge on any atom is 0.341 e. The average molecular weight is 401 g/mol. The van der Waals surface area contributed by atoms with E-state index in [4.69, 9.17) is 18.6 Å². The summed E-state index contributed by atoms with van der Waals surface area (Å²) in [5, 5.41) is 0. The van der Waals surface area contributed by atoms with Crippen LogP contribution in [0.15, 0.2) is 28.7 Å². The molecule has 1 saturated carbocycles. The maximum absolute atomic E-state index is 12.9. The van der Waals surface area contributed by atoms with E-state index in [-0.39, 0.29) is 18.6 Å². The minimum absolute atomic E-state index is 0.190. The number of esters is 1. The van der Waals surface area contributed by atoms with E-state index in [1.807, 2.05) is 0 Å². The third kappa shape index (κ3) is 4.72.